The molecule has 1 aliphatic heterocycles. The predicted octanol–water partition coefficient (Wildman–Crippen LogP) is 3.62. The molecule has 1 fully saturated rings. The van der Waals surface area contributed by atoms with Crippen molar-refractivity contribution >= 4 is 17.7 Å². The van der Waals surface area contributed by atoms with Crippen molar-refractivity contribution in [3.63, 3.8) is 0 Å². The first-order valence-corrected chi connectivity index (χ1v) is 9.05. The van der Waals surface area contributed by atoms with Crippen molar-refractivity contribution in [2.24, 2.45) is 5.92 Å². The van der Waals surface area contributed by atoms with Crippen LogP contribution in [-0.2, 0) is 11.4 Å². The van der Waals surface area contributed by atoms with Crippen molar-refractivity contribution in [2.45, 2.75) is 26.5 Å². The maximum Gasteiger partial charge on any atom is 0.326 e. The highest BCUT2D eigenvalue weighted by atomic mass is 16.5. The third kappa shape index (κ3) is 4.22. The Kier molecular flexibility index (Phi) is 5.64. The van der Waals surface area contributed by atoms with Gasteiger partial charge in [0.1, 0.15) is 18.4 Å². The summed E-state index contributed by atoms with van der Waals surface area (Å²) in [5.74, 6) is -0.401. The lowest BCUT2D eigenvalue weighted by Gasteiger charge is -2.27. The normalized spacial score (nSPS) is 15.3. The van der Waals surface area contributed by atoms with Gasteiger partial charge in [-0.2, -0.15) is 0 Å². The number of carbonyl (C=O) groups excluding carboxylic acids is 1. The van der Waals surface area contributed by atoms with E-state index < -0.39 is 12.0 Å². The van der Waals surface area contributed by atoms with Crippen molar-refractivity contribution in [1.29, 1.82) is 0 Å². The van der Waals surface area contributed by atoms with E-state index in [-0.39, 0.29) is 11.9 Å². The highest BCUT2D eigenvalue weighted by Crippen LogP contribution is 2.26. The second-order valence-corrected chi connectivity index (χ2v) is 6.92. The molecular formula is C21H24N2O4. The third-order valence-corrected chi connectivity index (χ3v) is 4.66. The van der Waals surface area contributed by atoms with E-state index in [0.29, 0.717) is 19.7 Å². The molecule has 0 spiro atoms. The van der Waals surface area contributed by atoms with Crippen LogP contribution < -0.4 is 9.64 Å². The standard InChI is InChI=1S/C21H24N2O4/c1-15(2)19(20(24)25)23-13-12-22(21(23)26)17-8-10-18(11-9-17)27-14-16-6-4-3-5-7-16/h3-11,15,19H,12-14H2,1-2H3,(H,24,25). The van der Waals surface area contributed by atoms with Gasteiger partial charge in [-0.3, -0.25) is 4.90 Å². The Labute approximate surface area is 159 Å². The molecule has 6 nitrogen and oxygen atoms in total. The molecule has 3 rings (SSSR count). The molecule has 1 aliphatic rings. The molecule has 0 aliphatic carbocycles. The Balaban J connectivity index is 1.65. The monoisotopic (exact) mass is 368 g/mol. The number of amides is 2. The van der Waals surface area contributed by atoms with E-state index in [0.717, 1.165) is 17.0 Å². The molecule has 27 heavy (non-hydrogen) atoms. The number of urea groups is 1. The number of hydrogen-bond donors (Lipinski definition) is 1. The van der Waals surface area contributed by atoms with Gasteiger partial charge in [0.15, 0.2) is 0 Å². The van der Waals surface area contributed by atoms with Gasteiger partial charge < -0.3 is 14.7 Å². The zero-order chi connectivity index (χ0) is 19.4. The molecule has 1 heterocycles. The fourth-order valence-electron chi connectivity index (χ4n) is 3.29. The number of anilines is 1. The van der Waals surface area contributed by atoms with Gasteiger partial charge in [-0.1, -0.05) is 44.2 Å². The van der Waals surface area contributed by atoms with E-state index in [1.165, 1.54) is 4.90 Å². The lowest BCUT2D eigenvalue weighted by molar-refractivity contribution is -0.143. The first kappa shape index (κ1) is 18.8. The fraction of sp³-hybridized carbons (Fsp3) is 0.333. The lowest BCUT2D eigenvalue weighted by Crippen LogP contribution is -2.47. The molecule has 0 bridgehead atoms. The van der Waals surface area contributed by atoms with Crippen LogP contribution in [0.5, 0.6) is 5.75 Å². The van der Waals surface area contributed by atoms with Gasteiger partial charge in [0.05, 0.1) is 0 Å². The minimum atomic E-state index is -0.968. The Morgan fingerprint density at radius 1 is 1.07 bits per heavy atom. The maximum absolute atomic E-state index is 12.7. The zero-order valence-electron chi connectivity index (χ0n) is 15.5. The molecule has 142 valence electrons. The molecule has 6 heteroatoms. The van der Waals surface area contributed by atoms with Crippen LogP contribution in [0.2, 0.25) is 0 Å². The molecule has 2 aromatic carbocycles. The molecule has 0 aromatic heterocycles. The molecule has 2 aromatic rings. The fourth-order valence-corrected chi connectivity index (χ4v) is 3.29. The molecule has 1 saturated heterocycles. The second kappa shape index (κ2) is 8.12. The van der Waals surface area contributed by atoms with Gasteiger partial charge in [0, 0.05) is 18.8 Å². The van der Waals surface area contributed by atoms with Crippen LogP contribution in [0.25, 0.3) is 0 Å². The smallest absolute Gasteiger partial charge is 0.326 e. The third-order valence-electron chi connectivity index (χ3n) is 4.66. The molecular weight excluding hydrogens is 344 g/mol. The number of nitrogens with zero attached hydrogens (tertiary/aromatic N) is 2. The second-order valence-electron chi connectivity index (χ2n) is 6.92. The predicted molar refractivity (Wildman–Crippen MR) is 103 cm³/mol. The summed E-state index contributed by atoms with van der Waals surface area (Å²) in [5, 5.41) is 9.44. The number of carboxylic acids is 1. The average molecular weight is 368 g/mol. The van der Waals surface area contributed by atoms with Crippen molar-refractivity contribution in [3.05, 3.63) is 60.2 Å². The van der Waals surface area contributed by atoms with Gasteiger partial charge in [-0.05, 0) is 35.7 Å². The summed E-state index contributed by atoms with van der Waals surface area (Å²) in [6, 6.07) is 16.1. The Bertz CT molecular complexity index is 790. The molecule has 0 saturated carbocycles. The summed E-state index contributed by atoms with van der Waals surface area (Å²) in [5.41, 5.74) is 1.82. The number of hydrogen-bond acceptors (Lipinski definition) is 3. The van der Waals surface area contributed by atoms with Gasteiger partial charge >= 0.3 is 12.0 Å². The highest BCUT2D eigenvalue weighted by molar-refractivity contribution is 5.96. The van der Waals surface area contributed by atoms with E-state index in [2.05, 4.69) is 0 Å². The van der Waals surface area contributed by atoms with E-state index in [1.54, 1.807) is 4.90 Å². The van der Waals surface area contributed by atoms with Crippen LogP contribution in [0.1, 0.15) is 19.4 Å². The van der Waals surface area contributed by atoms with Crippen molar-refractivity contribution in [2.75, 3.05) is 18.0 Å². The maximum atomic E-state index is 12.7. The van der Waals surface area contributed by atoms with E-state index in [9.17, 15) is 14.7 Å². The van der Waals surface area contributed by atoms with Crippen LogP contribution >= 0.6 is 0 Å². The van der Waals surface area contributed by atoms with Gasteiger partial charge in [0.25, 0.3) is 0 Å². The Morgan fingerprint density at radius 3 is 2.33 bits per heavy atom. The van der Waals surface area contributed by atoms with E-state index in [1.807, 2.05) is 68.4 Å². The zero-order valence-corrected chi connectivity index (χ0v) is 15.5. The van der Waals surface area contributed by atoms with Crippen molar-refractivity contribution in [1.82, 2.24) is 4.90 Å². The first-order valence-electron chi connectivity index (χ1n) is 9.05. The van der Waals surface area contributed by atoms with Crippen LogP contribution in [0.3, 0.4) is 0 Å². The topological polar surface area (TPSA) is 70.1 Å². The van der Waals surface area contributed by atoms with Gasteiger partial charge in [-0.15, -0.1) is 0 Å². The van der Waals surface area contributed by atoms with Crippen LogP contribution in [0.15, 0.2) is 54.6 Å². The Hall–Kier alpha value is -3.02. The summed E-state index contributed by atoms with van der Waals surface area (Å²) < 4.78 is 5.77. The summed E-state index contributed by atoms with van der Waals surface area (Å²) in [4.78, 5) is 27.3. The van der Waals surface area contributed by atoms with Gasteiger partial charge in [0.2, 0.25) is 0 Å². The molecule has 2 amide bonds. The summed E-state index contributed by atoms with van der Waals surface area (Å²) in [6.07, 6.45) is 0. The Morgan fingerprint density at radius 2 is 1.74 bits per heavy atom. The van der Waals surface area contributed by atoms with Crippen LogP contribution in [-0.4, -0.2) is 41.1 Å². The number of carbonyl (C=O) groups is 2. The average Bonchev–Trinajstić information content (AvgIpc) is 3.02. The number of rotatable bonds is 7. The van der Waals surface area contributed by atoms with E-state index >= 15 is 0 Å². The SMILES string of the molecule is CC(C)C(C(=O)O)N1CCN(c2ccc(OCc3ccccc3)cc2)C1=O. The largest absolute Gasteiger partial charge is 0.489 e. The van der Waals surface area contributed by atoms with E-state index in [4.69, 9.17) is 4.74 Å². The van der Waals surface area contributed by atoms with Crippen LogP contribution in [0, 0.1) is 5.92 Å². The molecule has 1 N–H and O–H groups in total. The number of aliphatic carboxylic acids is 1. The summed E-state index contributed by atoms with van der Waals surface area (Å²) in [6.45, 7) is 4.98. The quantitative estimate of drug-likeness (QED) is 0.810. The van der Waals surface area contributed by atoms with Gasteiger partial charge in [-0.25, -0.2) is 9.59 Å². The number of benzene rings is 2. The minimum Gasteiger partial charge on any atom is -0.489 e. The number of ether oxygens (including phenoxy) is 1. The minimum absolute atomic E-state index is 0.153. The first-order chi connectivity index (χ1) is 13.0. The van der Waals surface area contributed by atoms with Crippen LogP contribution in [0.4, 0.5) is 10.5 Å². The highest BCUT2D eigenvalue weighted by Gasteiger charge is 2.39. The summed E-state index contributed by atoms with van der Waals surface area (Å²) in [7, 11) is 0. The number of carboxylic acid groups (broad SMARTS) is 1. The molecule has 1 unspecified atom stereocenters. The molecule has 1 atom stereocenters. The van der Waals surface area contributed by atoms with Crippen molar-refractivity contribution < 1.29 is 19.4 Å². The summed E-state index contributed by atoms with van der Waals surface area (Å²) >= 11 is 0. The molecule has 0 radical (unpaired) electrons. The lowest BCUT2D eigenvalue weighted by atomic mass is 10.0. The van der Waals surface area contributed by atoms with Crippen molar-refractivity contribution in [3.8, 4) is 5.75 Å².